The van der Waals surface area contributed by atoms with Crippen molar-refractivity contribution >= 4 is 0 Å². The summed E-state index contributed by atoms with van der Waals surface area (Å²) in [5.74, 6) is 0. The molecule has 1 rings (SSSR count). The van der Waals surface area contributed by atoms with Gasteiger partial charge in [-0.1, -0.05) is 42.5 Å². The first-order valence-corrected chi connectivity index (χ1v) is 3.95. The van der Waals surface area contributed by atoms with Crippen LogP contribution >= 0.6 is 0 Å². The van der Waals surface area contributed by atoms with Gasteiger partial charge in [-0.25, -0.2) is 0 Å². The average Bonchev–Trinajstić information content (AvgIpc) is 2.07. The summed E-state index contributed by atoms with van der Waals surface area (Å²) in [6.07, 6.45) is 15.8. The van der Waals surface area contributed by atoms with Crippen molar-refractivity contribution in [3.05, 3.63) is 49.1 Å². The van der Waals surface area contributed by atoms with Crippen LogP contribution in [0.25, 0.3) is 0 Å². The molecular formula is C11H14. The third-order valence-corrected chi connectivity index (χ3v) is 1.98. The van der Waals surface area contributed by atoms with Gasteiger partial charge in [-0.15, -0.1) is 6.58 Å². The monoisotopic (exact) mass is 146 g/mol. The molecule has 0 spiro atoms. The first-order valence-electron chi connectivity index (χ1n) is 3.95. The SMILES string of the molecule is C=CC1(C=CC)C=CC=CC1. The second kappa shape index (κ2) is 3.38. The van der Waals surface area contributed by atoms with Gasteiger partial charge in [0.25, 0.3) is 0 Å². The molecule has 1 unspecified atom stereocenters. The smallest absolute Gasteiger partial charge is 0.0276 e. The molecule has 0 heterocycles. The van der Waals surface area contributed by atoms with Gasteiger partial charge < -0.3 is 0 Å². The van der Waals surface area contributed by atoms with E-state index in [1.807, 2.05) is 13.0 Å². The molecule has 0 nitrogen and oxygen atoms in total. The number of hydrogen-bond donors (Lipinski definition) is 0. The zero-order valence-electron chi connectivity index (χ0n) is 6.96. The van der Waals surface area contributed by atoms with Crippen molar-refractivity contribution in [1.29, 1.82) is 0 Å². The standard InChI is InChI=1S/C11H14/c1-3-8-11(4-2)9-6-5-7-10-11/h3-9H,2,10H2,1H3. The Morgan fingerprint density at radius 3 is 2.73 bits per heavy atom. The van der Waals surface area contributed by atoms with E-state index in [4.69, 9.17) is 0 Å². The Kier molecular flexibility index (Phi) is 2.48. The van der Waals surface area contributed by atoms with Crippen LogP contribution in [0.2, 0.25) is 0 Å². The topological polar surface area (TPSA) is 0 Å². The normalized spacial score (nSPS) is 29.5. The number of allylic oxidation sites excluding steroid dienone is 7. The van der Waals surface area contributed by atoms with Crippen molar-refractivity contribution in [2.45, 2.75) is 13.3 Å². The van der Waals surface area contributed by atoms with Crippen LogP contribution < -0.4 is 0 Å². The van der Waals surface area contributed by atoms with E-state index in [9.17, 15) is 0 Å². The fourth-order valence-electron chi connectivity index (χ4n) is 1.31. The minimum Gasteiger partial charge on any atom is -0.102 e. The van der Waals surface area contributed by atoms with Gasteiger partial charge in [-0.2, -0.15) is 0 Å². The highest BCUT2D eigenvalue weighted by atomic mass is 14.2. The second-order valence-electron chi connectivity index (χ2n) is 2.81. The van der Waals surface area contributed by atoms with Crippen LogP contribution in [0.1, 0.15) is 13.3 Å². The molecule has 0 bridgehead atoms. The molecule has 0 fully saturated rings. The Morgan fingerprint density at radius 1 is 1.45 bits per heavy atom. The maximum atomic E-state index is 3.84. The first-order chi connectivity index (χ1) is 5.33. The molecule has 0 aromatic rings. The molecule has 0 aromatic heterocycles. The molecular weight excluding hydrogens is 132 g/mol. The molecule has 0 aromatic carbocycles. The third kappa shape index (κ3) is 1.70. The Morgan fingerprint density at radius 2 is 2.27 bits per heavy atom. The summed E-state index contributed by atoms with van der Waals surface area (Å²) >= 11 is 0. The summed E-state index contributed by atoms with van der Waals surface area (Å²) in [5.41, 5.74) is 0.0868. The quantitative estimate of drug-likeness (QED) is 0.524. The van der Waals surface area contributed by atoms with Gasteiger partial charge in [0.05, 0.1) is 0 Å². The molecule has 0 saturated heterocycles. The van der Waals surface area contributed by atoms with E-state index < -0.39 is 0 Å². The Hall–Kier alpha value is -1.04. The maximum absolute atomic E-state index is 3.84. The van der Waals surface area contributed by atoms with Crippen molar-refractivity contribution in [3.63, 3.8) is 0 Å². The summed E-state index contributed by atoms with van der Waals surface area (Å²) in [7, 11) is 0. The van der Waals surface area contributed by atoms with Crippen molar-refractivity contribution in [2.75, 3.05) is 0 Å². The molecule has 0 amide bonds. The second-order valence-corrected chi connectivity index (χ2v) is 2.81. The minimum atomic E-state index is 0.0868. The van der Waals surface area contributed by atoms with Crippen molar-refractivity contribution in [2.24, 2.45) is 5.41 Å². The summed E-state index contributed by atoms with van der Waals surface area (Å²) in [5, 5.41) is 0. The molecule has 0 heteroatoms. The van der Waals surface area contributed by atoms with Crippen molar-refractivity contribution in [3.8, 4) is 0 Å². The highest BCUT2D eigenvalue weighted by molar-refractivity contribution is 5.27. The van der Waals surface area contributed by atoms with E-state index in [0.29, 0.717) is 0 Å². The van der Waals surface area contributed by atoms with Gasteiger partial charge in [0.1, 0.15) is 0 Å². The van der Waals surface area contributed by atoms with Crippen LogP contribution in [0.15, 0.2) is 49.1 Å². The lowest BCUT2D eigenvalue weighted by atomic mass is 9.81. The average molecular weight is 146 g/mol. The fraction of sp³-hybridized carbons (Fsp3) is 0.273. The van der Waals surface area contributed by atoms with Crippen LogP contribution in [-0.2, 0) is 0 Å². The highest BCUT2D eigenvalue weighted by Crippen LogP contribution is 2.30. The number of rotatable bonds is 2. The fourth-order valence-corrected chi connectivity index (χ4v) is 1.31. The third-order valence-electron chi connectivity index (χ3n) is 1.98. The molecule has 0 radical (unpaired) electrons. The van der Waals surface area contributed by atoms with Crippen LogP contribution in [0.5, 0.6) is 0 Å². The maximum Gasteiger partial charge on any atom is 0.0276 e. The van der Waals surface area contributed by atoms with Crippen LogP contribution in [-0.4, -0.2) is 0 Å². The van der Waals surface area contributed by atoms with E-state index >= 15 is 0 Å². The van der Waals surface area contributed by atoms with Crippen LogP contribution in [0, 0.1) is 5.41 Å². The van der Waals surface area contributed by atoms with E-state index in [2.05, 4.69) is 43.0 Å². The predicted molar refractivity (Wildman–Crippen MR) is 50.3 cm³/mol. The highest BCUT2D eigenvalue weighted by Gasteiger charge is 2.18. The van der Waals surface area contributed by atoms with Gasteiger partial charge in [0.2, 0.25) is 0 Å². The van der Waals surface area contributed by atoms with Gasteiger partial charge in [0, 0.05) is 5.41 Å². The largest absolute Gasteiger partial charge is 0.102 e. The lowest BCUT2D eigenvalue weighted by Gasteiger charge is -2.22. The van der Waals surface area contributed by atoms with E-state index in [1.54, 1.807) is 0 Å². The summed E-state index contributed by atoms with van der Waals surface area (Å²) in [6, 6.07) is 0. The molecule has 58 valence electrons. The Labute approximate surface area is 68.6 Å². The summed E-state index contributed by atoms with van der Waals surface area (Å²) < 4.78 is 0. The van der Waals surface area contributed by atoms with Gasteiger partial charge in [-0.05, 0) is 13.3 Å². The van der Waals surface area contributed by atoms with Crippen LogP contribution in [0.3, 0.4) is 0 Å². The Bertz CT molecular complexity index is 218. The van der Waals surface area contributed by atoms with Crippen molar-refractivity contribution in [1.82, 2.24) is 0 Å². The van der Waals surface area contributed by atoms with E-state index in [0.717, 1.165) is 6.42 Å². The summed E-state index contributed by atoms with van der Waals surface area (Å²) in [6.45, 7) is 5.88. The van der Waals surface area contributed by atoms with E-state index in [1.165, 1.54) is 0 Å². The van der Waals surface area contributed by atoms with Gasteiger partial charge in [-0.3, -0.25) is 0 Å². The van der Waals surface area contributed by atoms with Crippen LogP contribution in [0.4, 0.5) is 0 Å². The zero-order valence-corrected chi connectivity index (χ0v) is 6.96. The van der Waals surface area contributed by atoms with E-state index in [-0.39, 0.29) is 5.41 Å². The van der Waals surface area contributed by atoms with Crippen molar-refractivity contribution < 1.29 is 0 Å². The minimum absolute atomic E-state index is 0.0868. The molecule has 1 aliphatic rings. The molecule has 1 aliphatic carbocycles. The predicted octanol–water partition coefficient (Wildman–Crippen LogP) is 3.25. The molecule has 11 heavy (non-hydrogen) atoms. The Balaban J connectivity index is 2.84. The van der Waals surface area contributed by atoms with Gasteiger partial charge >= 0.3 is 0 Å². The summed E-state index contributed by atoms with van der Waals surface area (Å²) in [4.78, 5) is 0. The molecule has 1 atom stereocenters. The lowest BCUT2D eigenvalue weighted by molar-refractivity contribution is 0.635. The molecule has 0 saturated carbocycles. The van der Waals surface area contributed by atoms with Gasteiger partial charge in [0.15, 0.2) is 0 Å². The first kappa shape index (κ1) is 8.06. The molecule has 0 aliphatic heterocycles. The zero-order chi connectivity index (χ0) is 8.16. The number of hydrogen-bond acceptors (Lipinski definition) is 0. The lowest BCUT2D eigenvalue weighted by Crippen LogP contribution is -2.11. The molecule has 0 N–H and O–H groups in total.